The molecule has 0 aromatic heterocycles. The fourth-order valence-electron chi connectivity index (χ4n) is 5.23. The lowest BCUT2D eigenvalue weighted by molar-refractivity contribution is 0.00993. The van der Waals surface area contributed by atoms with Crippen LogP contribution in [0.1, 0.15) is 65.2 Å². The van der Waals surface area contributed by atoms with Crippen LogP contribution >= 0.6 is 0 Å². The van der Waals surface area contributed by atoms with E-state index in [9.17, 15) is 5.11 Å². The summed E-state index contributed by atoms with van der Waals surface area (Å²) in [6.07, 6.45) is 9.77. The van der Waals surface area contributed by atoms with Crippen LogP contribution in [0.2, 0.25) is 0 Å². The molecule has 4 N–H and O–H groups in total. The maximum atomic E-state index is 9.71. The number of nitrogens with one attached hydrogen (secondary N) is 3. The van der Waals surface area contributed by atoms with Crippen molar-refractivity contribution in [3.05, 3.63) is 0 Å². The van der Waals surface area contributed by atoms with Gasteiger partial charge in [-0.3, -0.25) is 16.0 Å². The quantitative estimate of drug-likeness (QED) is 0.477. The molecule has 1 heterocycles. The van der Waals surface area contributed by atoms with E-state index in [0.717, 1.165) is 58.1 Å². The zero-order valence-corrected chi connectivity index (χ0v) is 18.2. The Labute approximate surface area is 172 Å². The first-order valence-corrected chi connectivity index (χ1v) is 11.9. The van der Waals surface area contributed by atoms with Crippen molar-refractivity contribution in [1.29, 1.82) is 0 Å². The van der Waals surface area contributed by atoms with Crippen LogP contribution in [0.4, 0.5) is 0 Å². The predicted octanol–water partition coefficient (Wildman–Crippen LogP) is 1.89. The number of ether oxygens (including phenoxy) is 1. The molecule has 3 fully saturated rings. The van der Waals surface area contributed by atoms with Crippen molar-refractivity contribution in [2.24, 2.45) is 11.8 Å². The van der Waals surface area contributed by atoms with E-state index < -0.39 is 0 Å². The molecule has 2 saturated carbocycles. The zero-order chi connectivity index (χ0) is 19.8. The maximum Gasteiger partial charge on any atom is 0.112 e. The van der Waals surface area contributed by atoms with Crippen LogP contribution < -0.4 is 16.0 Å². The summed E-state index contributed by atoms with van der Waals surface area (Å²) in [4.78, 5) is 2.43. The Kier molecular flexibility index (Phi) is 9.47. The third-order valence-corrected chi connectivity index (χ3v) is 7.31. The normalized spacial score (nSPS) is 37.3. The van der Waals surface area contributed by atoms with E-state index >= 15 is 0 Å². The van der Waals surface area contributed by atoms with Crippen LogP contribution in [-0.2, 0) is 4.74 Å². The van der Waals surface area contributed by atoms with Gasteiger partial charge in [-0.15, -0.1) is 0 Å². The molecule has 1 saturated heterocycles. The summed E-state index contributed by atoms with van der Waals surface area (Å²) in [5.41, 5.74) is 0. The lowest BCUT2D eigenvalue weighted by Crippen LogP contribution is -2.63. The molecule has 3 rings (SSSR count). The van der Waals surface area contributed by atoms with E-state index in [1.54, 1.807) is 0 Å². The van der Waals surface area contributed by atoms with Gasteiger partial charge in [0.15, 0.2) is 0 Å². The summed E-state index contributed by atoms with van der Waals surface area (Å²) in [6, 6.07) is 0.592. The van der Waals surface area contributed by atoms with Crippen molar-refractivity contribution in [2.75, 3.05) is 39.3 Å². The van der Waals surface area contributed by atoms with Crippen molar-refractivity contribution in [3.63, 3.8) is 0 Å². The minimum atomic E-state index is -0.0495. The van der Waals surface area contributed by atoms with Gasteiger partial charge in [-0.2, -0.15) is 0 Å². The minimum Gasteiger partial charge on any atom is -0.393 e. The van der Waals surface area contributed by atoms with Crippen molar-refractivity contribution in [2.45, 2.75) is 89.8 Å². The molecule has 0 spiro atoms. The van der Waals surface area contributed by atoms with Gasteiger partial charge in [0.25, 0.3) is 0 Å². The predicted molar refractivity (Wildman–Crippen MR) is 114 cm³/mol. The third kappa shape index (κ3) is 6.92. The van der Waals surface area contributed by atoms with Crippen LogP contribution in [0.3, 0.4) is 0 Å². The highest BCUT2D eigenvalue weighted by atomic mass is 16.5. The summed E-state index contributed by atoms with van der Waals surface area (Å²) in [7, 11) is 0. The van der Waals surface area contributed by atoms with Crippen LogP contribution in [-0.4, -0.2) is 73.9 Å². The molecule has 0 atom stereocenters. The van der Waals surface area contributed by atoms with E-state index in [-0.39, 0.29) is 12.4 Å². The topological polar surface area (TPSA) is 68.8 Å². The molecule has 2 aliphatic carbocycles. The number of hydrogen-bond acceptors (Lipinski definition) is 6. The Morgan fingerprint density at radius 2 is 1.54 bits per heavy atom. The molecule has 0 aromatic carbocycles. The number of aliphatic hydroxyl groups excluding tert-OH is 1. The fraction of sp³-hybridized carbons (Fsp3) is 1.00. The van der Waals surface area contributed by atoms with Crippen LogP contribution in [0.25, 0.3) is 0 Å². The van der Waals surface area contributed by atoms with E-state index in [1.807, 2.05) is 0 Å². The molecule has 0 radical (unpaired) electrons. The Balaban J connectivity index is 1.26. The van der Waals surface area contributed by atoms with Gasteiger partial charge in [-0.05, 0) is 76.3 Å². The Bertz CT molecular complexity index is 411. The first kappa shape index (κ1) is 22.4. The summed E-state index contributed by atoms with van der Waals surface area (Å²) in [6.45, 7) is 10.8. The van der Waals surface area contributed by atoms with E-state index in [0.29, 0.717) is 18.1 Å². The van der Waals surface area contributed by atoms with Gasteiger partial charge in [0.05, 0.1) is 18.8 Å². The highest BCUT2D eigenvalue weighted by Crippen LogP contribution is 2.30. The minimum absolute atomic E-state index is 0.0495. The smallest absolute Gasteiger partial charge is 0.112 e. The average Bonchev–Trinajstić information content (AvgIpc) is 2.74. The fourth-order valence-corrected chi connectivity index (χ4v) is 5.23. The van der Waals surface area contributed by atoms with Crippen LogP contribution in [0.5, 0.6) is 0 Å². The molecule has 1 aliphatic heterocycles. The summed E-state index contributed by atoms with van der Waals surface area (Å²) in [5.74, 6) is 1.48. The van der Waals surface area contributed by atoms with Crippen molar-refractivity contribution >= 4 is 0 Å². The Hall–Kier alpha value is -0.240. The third-order valence-electron chi connectivity index (χ3n) is 7.31. The molecule has 164 valence electrons. The van der Waals surface area contributed by atoms with Gasteiger partial charge in [0.1, 0.15) is 6.29 Å². The summed E-state index contributed by atoms with van der Waals surface area (Å²) < 4.78 is 6.13. The van der Waals surface area contributed by atoms with Gasteiger partial charge >= 0.3 is 0 Å². The molecule has 6 heteroatoms. The second kappa shape index (κ2) is 11.8. The number of nitrogens with zero attached hydrogens (tertiary/aromatic N) is 1. The Morgan fingerprint density at radius 3 is 2.14 bits per heavy atom. The van der Waals surface area contributed by atoms with Crippen LogP contribution in [0, 0.1) is 11.8 Å². The van der Waals surface area contributed by atoms with E-state index in [2.05, 4.69) is 34.7 Å². The second-order valence-corrected chi connectivity index (χ2v) is 9.12. The molecule has 28 heavy (non-hydrogen) atoms. The molecule has 6 nitrogen and oxygen atoms in total. The molecular weight excluding hydrogens is 352 g/mol. The number of likely N-dealkylation sites (N-methyl/N-ethyl adjacent to an activating group) is 1. The standard InChI is InChI=1S/C22H44N4O2/c1-3-26(4-2)13-14-28-21-11-7-19(8-12-21)25-22-23-15-18(16-24-22)17-5-9-20(27)10-6-17/h17-25,27H,3-16H2,1-2H3. The average molecular weight is 397 g/mol. The lowest BCUT2D eigenvalue weighted by Gasteiger charge is -2.40. The number of rotatable bonds is 9. The summed E-state index contributed by atoms with van der Waals surface area (Å²) >= 11 is 0. The molecule has 0 unspecified atom stereocenters. The van der Waals surface area contributed by atoms with Crippen molar-refractivity contribution < 1.29 is 9.84 Å². The van der Waals surface area contributed by atoms with E-state index in [4.69, 9.17) is 4.74 Å². The molecular formula is C22H44N4O2. The first-order chi connectivity index (χ1) is 13.7. The molecule has 0 aromatic rings. The number of hydrogen-bond donors (Lipinski definition) is 4. The zero-order valence-electron chi connectivity index (χ0n) is 18.2. The van der Waals surface area contributed by atoms with Crippen molar-refractivity contribution in [1.82, 2.24) is 20.9 Å². The van der Waals surface area contributed by atoms with Gasteiger partial charge in [0.2, 0.25) is 0 Å². The van der Waals surface area contributed by atoms with Gasteiger partial charge in [-0.25, -0.2) is 0 Å². The summed E-state index contributed by atoms with van der Waals surface area (Å²) in [5, 5.41) is 20.8. The largest absolute Gasteiger partial charge is 0.393 e. The highest BCUT2D eigenvalue weighted by Gasteiger charge is 2.31. The number of aliphatic hydroxyl groups is 1. The monoisotopic (exact) mass is 396 g/mol. The molecule has 3 aliphatic rings. The van der Waals surface area contributed by atoms with Gasteiger partial charge < -0.3 is 14.7 Å². The van der Waals surface area contributed by atoms with Gasteiger partial charge in [-0.1, -0.05) is 13.8 Å². The first-order valence-electron chi connectivity index (χ1n) is 11.9. The molecule has 0 bridgehead atoms. The Morgan fingerprint density at radius 1 is 0.893 bits per heavy atom. The SMILES string of the molecule is CCN(CC)CCOC1CCC(NC2NCC(C3CCC(O)CC3)CN2)CC1. The highest BCUT2D eigenvalue weighted by molar-refractivity contribution is 4.86. The second-order valence-electron chi connectivity index (χ2n) is 9.12. The maximum absolute atomic E-state index is 9.71. The van der Waals surface area contributed by atoms with Crippen LogP contribution in [0.15, 0.2) is 0 Å². The lowest BCUT2D eigenvalue weighted by atomic mass is 9.78. The molecule has 0 amide bonds. The van der Waals surface area contributed by atoms with E-state index in [1.165, 1.54) is 38.5 Å². The van der Waals surface area contributed by atoms with Gasteiger partial charge in [0, 0.05) is 25.7 Å². The van der Waals surface area contributed by atoms with Crippen molar-refractivity contribution in [3.8, 4) is 0 Å².